The number of allylic oxidation sites excluding steroid dienone is 5. The van der Waals surface area contributed by atoms with E-state index in [2.05, 4.69) is 6.58 Å². The van der Waals surface area contributed by atoms with Gasteiger partial charge >= 0.3 is 0 Å². The highest BCUT2D eigenvalue weighted by molar-refractivity contribution is 6.66. The molecular formula is C19H14Cl4O4. The number of carbonyl (C=O) groups excluding carboxylic acids is 2. The van der Waals surface area contributed by atoms with Gasteiger partial charge in [-0.05, 0) is 29.7 Å². The van der Waals surface area contributed by atoms with Crippen molar-refractivity contribution in [3.8, 4) is 11.5 Å². The Kier molecular flexibility index (Phi) is 5.15. The molecule has 1 aromatic carbocycles. The molecule has 0 radical (unpaired) electrons. The van der Waals surface area contributed by atoms with E-state index in [4.69, 9.17) is 51.1 Å². The van der Waals surface area contributed by atoms with Gasteiger partial charge in [-0.15, -0.1) is 23.2 Å². The van der Waals surface area contributed by atoms with Crippen LogP contribution in [0, 0.1) is 0 Å². The molecule has 3 rings (SSSR count). The van der Waals surface area contributed by atoms with Crippen molar-refractivity contribution >= 4 is 58.0 Å². The Morgan fingerprint density at radius 3 is 2.44 bits per heavy atom. The second kappa shape index (κ2) is 6.85. The van der Waals surface area contributed by atoms with E-state index in [0.717, 1.165) is 0 Å². The van der Waals surface area contributed by atoms with Crippen molar-refractivity contribution in [3.05, 3.63) is 58.1 Å². The minimum Gasteiger partial charge on any atom is -0.504 e. The summed E-state index contributed by atoms with van der Waals surface area (Å²) in [7, 11) is 1.39. The third-order valence-corrected chi connectivity index (χ3v) is 7.23. The van der Waals surface area contributed by atoms with Crippen LogP contribution in [0.15, 0.2) is 52.6 Å². The average molecular weight is 448 g/mol. The largest absolute Gasteiger partial charge is 0.504 e. The molecule has 0 spiro atoms. The summed E-state index contributed by atoms with van der Waals surface area (Å²) in [6, 6.07) is 4.49. The molecule has 4 nitrogen and oxygen atoms in total. The van der Waals surface area contributed by atoms with Crippen LogP contribution in [0.4, 0.5) is 0 Å². The highest BCUT2D eigenvalue weighted by Crippen LogP contribution is 2.59. The van der Waals surface area contributed by atoms with Crippen LogP contribution in [-0.4, -0.2) is 33.5 Å². The molecule has 0 heterocycles. The monoisotopic (exact) mass is 446 g/mol. The third kappa shape index (κ3) is 2.65. The van der Waals surface area contributed by atoms with Crippen molar-refractivity contribution in [1.82, 2.24) is 0 Å². The first-order chi connectivity index (χ1) is 12.6. The number of halogens is 4. The predicted molar refractivity (Wildman–Crippen MR) is 106 cm³/mol. The number of carbonyl (C=O) groups is 2. The topological polar surface area (TPSA) is 63.6 Å². The van der Waals surface area contributed by atoms with Gasteiger partial charge in [-0.25, -0.2) is 0 Å². The van der Waals surface area contributed by atoms with Gasteiger partial charge in [-0.1, -0.05) is 48.0 Å². The fraction of sp³-hybridized carbons (Fsp3) is 0.263. The van der Waals surface area contributed by atoms with Crippen LogP contribution < -0.4 is 4.74 Å². The molecule has 0 saturated heterocycles. The van der Waals surface area contributed by atoms with E-state index in [1.165, 1.54) is 25.3 Å². The molecule has 0 bridgehead atoms. The van der Waals surface area contributed by atoms with Crippen LogP contribution in [0.3, 0.4) is 0 Å². The maximum Gasteiger partial charge on any atom is 0.199 e. The van der Waals surface area contributed by atoms with Gasteiger partial charge in [0.2, 0.25) is 0 Å². The maximum atomic E-state index is 13.1. The Labute approximate surface area is 176 Å². The zero-order valence-electron chi connectivity index (χ0n) is 14.1. The van der Waals surface area contributed by atoms with Gasteiger partial charge < -0.3 is 9.84 Å². The van der Waals surface area contributed by atoms with Gasteiger partial charge in [0.15, 0.2) is 23.1 Å². The minimum atomic E-state index is -1.93. The zero-order chi connectivity index (χ0) is 20.1. The number of ketones is 2. The molecule has 0 aromatic heterocycles. The summed E-state index contributed by atoms with van der Waals surface area (Å²) in [5.74, 6) is -2.23. The van der Waals surface area contributed by atoms with Crippen LogP contribution in [-0.2, 0) is 9.59 Å². The van der Waals surface area contributed by atoms with E-state index in [9.17, 15) is 14.7 Å². The first-order valence-corrected chi connectivity index (χ1v) is 9.36. The molecule has 0 saturated carbocycles. The number of benzene rings is 1. The summed E-state index contributed by atoms with van der Waals surface area (Å²) in [6.07, 6.45) is 3.21. The van der Waals surface area contributed by atoms with E-state index in [0.29, 0.717) is 11.1 Å². The Hall–Kier alpha value is -1.46. The van der Waals surface area contributed by atoms with Crippen molar-refractivity contribution in [3.63, 3.8) is 0 Å². The van der Waals surface area contributed by atoms with Crippen LogP contribution in [0.1, 0.15) is 17.9 Å². The van der Waals surface area contributed by atoms with Crippen LogP contribution in [0.25, 0.3) is 0 Å². The van der Waals surface area contributed by atoms with Crippen molar-refractivity contribution < 1.29 is 19.4 Å². The van der Waals surface area contributed by atoms with E-state index >= 15 is 0 Å². The number of Topliss-reactive ketones (excluding diaryl/α,β-unsaturated/α-hetero) is 2. The molecule has 1 N–H and O–H groups in total. The lowest BCUT2D eigenvalue weighted by atomic mass is 9.62. The second-order valence-corrected chi connectivity index (χ2v) is 8.27. The van der Waals surface area contributed by atoms with E-state index in [-0.39, 0.29) is 17.9 Å². The van der Waals surface area contributed by atoms with Crippen molar-refractivity contribution in [1.29, 1.82) is 0 Å². The number of methoxy groups -OCH3 is 1. The summed E-state index contributed by atoms with van der Waals surface area (Å²) >= 11 is 25.5. The van der Waals surface area contributed by atoms with Crippen LogP contribution in [0.5, 0.6) is 11.5 Å². The molecule has 2 aliphatic rings. The number of phenolic OH excluding ortho intramolecular Hbond substituents is 1. The van der Waals surface area contributed by atoms with Crippen LogP contribution >= 0.6 is 46.4 Å². The molecule has 142 valence electrons. The SMILES string of the molecule is C=CC1=CC[C@@]2(Cl)C(=O)C(Cl)=C(Cl)C(=O)[C@@]2(Cl)[C@H]1c1ccc(O)c(OC)c1. The van der Waals surface area contributed by atoms with E-state index < -0.39 is 37.3 Å². The molecule has 0 aliphatic heterocycles. The molecule has 0 amide bonds. The second-order valence-electron chi connectivity index (χ2n) is 6.28. The zero-order valence-corrected chi connectivity index (χ0v) is 17.1. The first-order valence-electron chi connectivity index (χ1n) is 7.85. The summed E-state index contributed by atoms with van der Waals surface area (Å²) < 4.78 is 5.15. The summed E-state index contributed by atoms with van der Waals surface area (Å²) in [6.45, 7) is 3.77. The highest BCUT2D eigenvalue weighted by Gasteiger charge is 2.68. The molecule has 2 aliphatic carbocycles. The minimum absolute atomic E-state index is 0.0178. The summed E-state index contributed by atoms with van der Waals surface area (Å²) in [4.78, 5) is 22.2. The molecule has 27 heavy (non-hydrogen) atoms. The third-order valence-electron chi connectivity index (χ3n) is 4.98. The molecule has 8 heteroatoms. The fourth-order valence-corrected chi connectivity index (χ4v) is 5.04. The summed E-state index contributed by atoms with van der Waals surface area (Å²) in [5, 5.41) is 9.01. The van der Waals surface area contributed by atoms with Crippen molar-refractivity contribution in [2.75, 3.05) is 7.11 Å². The molecular weight excluding hydrogens is 434 g/mol. The van der Waals surface area contributed by atoms with Gasteiger partial charge in [-0.2, -0.15) is 0 Å². The Morgan fingerprint density at radius 2 is 1.85 bits per heavy atom. The van der Waals surface area contributed by atoms with E-state index in [1.807, 2.05) is 0 Å². The van der Waals surface area contributed by atoms with Crippen molar-refractivity contribution in [2.45, 2.75) is 22.1 Å². The Bertz CT molecular complexity index is 936. The van der Waals surface area contributed by atoms with Gasteiger partial charge in [0.1, 0.15) is 19.8 Å². The van der Waals surface area contributed by atoms with Gasteiger partial charge in [-0.3, -0.25) is 9.59 Å². The number of phenols is 1. The number of alkyl halides is 2. The lowest BCUT2D eigenvalue weighted by molar-refractivity contribution is -0.127. The molecule has 1 aromatic rings. The van der Waals surface area contributed by atoms with Crippen LogP contribution in [0.2, 0.25) is 0 Å². The van der Waals surface area contributed by atoms with Gasteiger partial charge in [0, 0.05) is 5.92 Å². The molecule has 0 unspecified atom stereocenters. The smallest absolute Gasteiger partial charge is 0.199 e. The summed E-state index contributed by atoms with van der Waals surface area (Å²) in [5.41, 5.74) is 1.09. The van der Waals surface area contributed by atoms with E-state index in [1.54, 1.807) is 12.1 Å². The van der Waals surface area contributed by atoms with Gasteiger partial charge in [0.05, 0.1) is 7.11 Å². The average Bonchev–Trinajstić information content (AvgIpc) is 2.67. The van der Waals surface area contributed by atoms with Gasteiger partial charge in [0.25, 0.3) is 0 Å². The number of fused-ring (bicyclic) bond motifs is 1. The number of hydrogen-bond donors (Lipinski definition) is 1. The Balaban J connectivity index is 2.33. The predicted octanol–water partition coefficient (Wildman–Crippen LogP) is 4.80. The fourth-order valence-electron chi connectivity index (χ4n) is 3.58. The Morgan fingerprint density at radius 1 is 1.22 bits per heavy atom. The normalized spacial score (nSPS) is 30.7. The lowest BCUT2D eigenvalue weighted by Gasteiger charge is -2.50. The number of hydrogen-bond acceptors (Lipinski definition) is 4. The maximum absolute atomic E-state index is 13.1. The van der Waals surface area contributed by atoms with Crippen molar-refractivity contribution in [2.24, 2.45) is 0 Å². The molecule has 3 atom stereocenters. The molecule has 0 fully saturated rings. The number of ether oxygens (including phenoxy) is 1. The highest BCUT2D eigenvalue weighted by atomic mass is 35.5. The number of rotatable bonds is 3. The first kappa shape index (κ1) is 20.3. The quantitative estimate of drug-likeness (QED) is 0.676. The standard InChI is InChI=1S/C19H14Cl4O4/c1-3-9-6-7-18(22)16(25)14(20)15(21)17(26)19(18,23)13(9)10-4-5-11(24)12(8-10)27-2/h3-6,8,13,24H,1,7H2,2H3/t13-,18-,19+/m1/s1. The number of aromatic hydroxyl groups is 1. The lowest BCUT2D eigenvalue weighted by Crippen LogP contribution is -2.64.